The SMILES string of the molecule is CCN=c1ccc2c(-c3ccc(S(=O)(=O)O)cc3S(=O)(=O)O)c3ccc(CC)cc3oc-2c1. The zero-order chi connectivity index (χ0) is 24.0. The Hall–Kier alpha value is -3.05. The maximum Gasteiger partial charge on any atom is 0.295 e. The molecular weight excluding hydrogens is 466 g/mol. The number of nitrogens with zero attached hydrogens (tertiary/aromatic N) is 1. The molecule has 2 aromatic carbocycles. The van der Waals surface area contributed by atoms with E-state index in [4.69, 9.17) is 4.42 Å². The smallest absolute Gasteiger partial charge is 0.295 e. The van der Waals surface area contributed by atoms with Crippen molar-refractivity contribution < 1.29 is 30.4 Å². The second-order valence-corrected chi connectivity index (χ2v) is 10.2. The third-order valence-corrected chi connectivity index (χ3v) is 7.06. The number of fused-ring (bicyclic) bond motifs is 2. The Morgan fingerprint density at radius 2 is 1.58 bits per heavy atom. The summed E-state index contributed by atoms with van der Waals surface area (Å²) in [7, 11) is -9.55. The molecule has 4 rings (SSSR count). The summed E-state index contributed by atoms with van der Waals surface area (Å²) in [5.74, 6) is 0.445. The Bertz CT molecular complexity index is 1640. The van der Waals surface area contributed by atoms with Gasteiger partial charge in [-0.25, -0.2) is 0 Å². The third kappa shape index (κ3) is 4.42. The standard InChI is InChI=1S/C23H21NO7S2/c1-3-14-5-8-17-20(11-14)31-21-12-15(24-4-2)6-9-18(21)23(17)19-10-7-16(32(25,26)27)13-22(19)33(28,29)30/h5-13H,3-4H2,1-2H3,(H,25,26,27)(H,28,29,30). The quantitative estimate of drug-likeness (QED) is 0.318. The molecule has 2 aromatic rings. The van der Waals surface area contributed by atoms with Crippen molar-refractivity contribution >= 4 is 31.2 Å². The highest BCUT2D eigenvalue weighted by atomic mass is 32.2. The normalized spacial score (nSPS) is 13.2. The first-order valence-corrected chi connectivity index (χ1v) is 13.0. The van der Waals surface area contributed by atoms with E-state index in [-0.39, 0.29) is 5.56 Å². The summed E-state index contributed by atoms with van der Waals surface area (Å²) in [6.45, 7) is 4.46. The van der Waals surface area contributed by atoms with Crippen molar-refractivity contribution in [3.63, 3.8) is 0 Å². The molecule has 172 valence electrons. The van der Waals surface area contributed by atoms with E-state index in [2.05, 4.69) is 4.99 Å². The molecule has 33 heavy (non-hydrogen) atoms. The van der Waals surface area contributed by atoms with Gasteiger partial charge in [0.1, 0.15) is 16.2 Å². The minimum absolute atomic E-state index is 0.0696. The first-order chi connectivity index (χ1) is 15.5. The molecule has 2 N–H and O–H groups in total. The van der Waals surface area contributed by atoms with Gasteiger partial charge in [-0.3, -0.25) is 14.1 Å². The average Bonchev–Trinajstić information content (AvgIpc) is 2.75. The largest absolute Gasteiger partial charge is 0.456 e. The highest BCUT2D eigenvalue weighted by Crippen LogP contribution is 2.42. The maximum atomic E-state index is 12.3. The second kappa shape index (κ2) is 8.38. The van der Waals surface area contributed by atoms with Crippen molar-refractivity contribution in [1.82, 2.24) is 0 Å². The van der Waals surface area contributed by atoms with Gasteiger partial charge in [0.15, 0.2) is 0 Å². The van der Waals surface area contributed by atoms with Gasteiger partial charge in [-0.1, -0.05) is 25.1 Å². The van der Waals surface area contributed by atoms with Crippen LogP contribution in [0.3, 0.4) is 0 Å². The average molecular weight is 488 g/mol. The van der Waals surface area contributed by atoms with E-state index in [1.54, 1.807) is 24.3 Å². The molecule has 8 nitrogen and oxygen atoms in total. The minimum Gasteiger partial charge on any atom is -0.456 e. The van der Waals surface area contributed by atoms with Crippen LogP contribution in [0.15, 0.2) is 73.8 Å². The van der Waals surface area contributed by atoms with Gasteiger partial charge in [0.25, 0.3) is 20.2 Å². The van der Waals surface area contributed by atoms with Crippen LogP contribution >= 0.6 is 0 Å². The summed E-state index contributed by atoms with van der Waals surface area (Å²) in [5.41, 5.74) is 2.55. The van der Waals surface area contributed by atoms with E-state index in [0.717, 1.165) is 24.1 Å². The molecule has 1 heterocycles. The Morgan fingerprint density at radius 3 is 2.21 bits per heavy atom. The molecule has 0 saturated carbocycles. The highest BCUT2D eigenvalue weighted by Gasteiger charge is 2.26. The summed E-state index contributed by atoms with van der Waals surface area (Å²) in [6, 6.07) is 13.8. The number of hydrogen-bond donors (Lipinski definition) is 2. The molecule has 1 aliphatic heterocycles. The molecule has 0 atom stereocenters. The van der Waals surface area contributed by atoms with Crippen LogP contribution in [0.5, 0.6) is 0 Å². The lowest BCUT2D eigenvalue weighted by molar-refractivity contribution is 0.481. The Balaban J connectivity index is 2.19. The van der Waals surface area contributed by atoms with Crippen LogP contribution in [-0.2, 0) is 26.7 Å². The molecule has 0 amide bonds. The van der Waals surface area contributed by atoms with E-state index in [9.17, 15) is 25.9 Å². The molecule has 2 aliphatic rings. The minimum atomic E-state index is -4.86. The number of hydrogen-bond acceptors (Lipinski definition) is 6. The van der Waals surface area contributed by atoms with Crippen molar-refractivity contribution in [2.75, 3.05) is 6.54 Å². The molecular formula is C23H21NO7S2. The van der Waals surface area contributed by atoms with Gasteiger partial charge >= 0.3 is 0 Å². The maximum absolute atomic E-state index is 12.3. The Kier molecular flexibility index (Phi) is 5.87. The molecule has 0 spiro atoms. The summed E-state index contributed by atoms with van der Waals surface area (Å²) < 4.78 is 73.2. The van der Waals surface area contributed by atoms with E-state index >= 15 is 0 Å². The molecule has 1 aliphatic carbocycles. The van der Waals surface area contributed by atoms with Crippen LogP contribution < -0.4 is 5.36 Å². The van der Waals surface area contributed by atoms with Gasteiger partial charge in [-0.05, 0) is 49.2 Å². The zero-order valence-electron chi connectivity index (χ0n) is 17.8. The van der Waals surface area contributed by atoms with Crippen molar-refractivity contribution in [2.45, 2.75) is 30.1 Å². The molecule has 10 heteroatoms. The van der Waals surface area contributed by atoms with Gasteiger partial charge in [-0.15, -0.1) is 0 Å². The van der Waals surface area contributed by atoms with Crippen molar-refractivity contribution in [2.24, 2.45) is 4.99 Å². The summed E-state index contributed by atoms with van der Waals surface area (Å²) >= 11 is 0. The third-order valence-electron chi connectivity index (χ3n) is 5.32. The lowest BCUT2D eigenvalue weighted by Gasteiger charge is -2.18. The monoisotopic (exact) mass is 487 g/mol. The zero-order valence-corrected chi connectivity index (χ0v) is 19.4. The van der Waals surface area contributed by atoms with E-state index in [0.29, 0.717) is 39.8 Å². The predicted molar refractivity (Wildman–Crippen MR) is 123 cm³/mol. The van der Waals surface area contributed by atoms with Crippen LogP contribution in [0, 0.1) is 0 Å². The second-order valence-electron chi connectivity index (χ2n) is 7.42. The van der Waals surface area contributed by atoms with Crippen LogP contribution in [0.25, 0.3) is 33.4 Å². The topological polar surface area (TPSA) is 134 Å². The van der Waals surface area contributed by atoms with E-state index < -0.39 is 30.0 Å². The van der Waals surface area contributed by atoms with Gasteiger partial charge < -0.3 is 4.42 Å². The first kappa shape index (κ1) is 23.1. The number of rotatable bonds is 5. The summed E-state index contributed by atoms with van der Waals surface area (Å²) in [5, 5.41) is 1.26. The van der Waals surface area contributed by atoms with Gasteiger partial charge in [0.05, 0.1) is 10.3 Å². The van der Waals surface area contributed by atoms with E-state index in [1.807, 2.05) is 26.0 Å². The molecule has 0 bridgehead atoms. The van der Waals surface area contributed by atoms with Gasteiger partial charge in [-0.2, -0.15) is 16.8 Å². The molecule has 0 aromatic heterocycles. The van der Waals surface area contributed by atoms with Crippen LogP contribution in [0.2, 0.25) is 0 Å². The summed E-state index contributed by atoms with van der Waals surface area (Å²) in [4.78, 5) is 3.09. The molecule has 0 unspecified atom stereocenters. The van der Waals surface area contributed by atoms with Crippen LogP contribution in [0.4, 0.5) is 0 Å². The number of benzene rings is 3. The first-order valence-electron chi connectivity index (χ1n) is 10.1. The Morgan fingerprint density at radius 1 is 0.848 bits per heavy atom. The van der Waals surface area contributed by atoms with Gasteiger partial charge in [0, 0.05) is 34.7 Å². The predicted octanol–water partition coefficient (Wildman–Crippen LogP) is 4.18. The molecule has 0 fully saturated rings. The van der Waals surface area contributed by atoms with Crippen molar-refractivity contribution in [3.05, 3.63) is 65.5 Å². The van der Waals surface area contributed by atoms with Crippen LogP contribution in [0.1, 0.15) is 19.4 Å². The van der Waals surface area contributed by atoms with Crippen molar-refractivity contribution in [1.29, 1.82) is 0 Å². The summed E-state index contributed by atoms with van der Waals surface area (Å²) in [6.07, 6.45) is 0.753. The fraction of sp³-hybridized carbons (Fsp3) is 0.174. The lowest BCUT2D eigenvalue weighted by atomic mass is 9.93. The fourth-order valence-electron chi connectivity index (χ4n) is 3.80. The van der Waals surface area contributed by atoms with Crippen LogP contribution in [-0.4, -0.2) is 32.5 Å². The van der Waals surface area contributed by atoms with Crippen molar-refractivity contribution in [3.8, 4) is 22.5 Å². The number of aryl methyl sites for hydroxylation is 1. The van der Waals surface area contributed by atoms with Gasteiger partial charge in [0.2, 0.25) is 0 Å². The molecule has 0 saturated heterocycles. The fourth-order valence-corrected chi connectivity index (χ4v) is 5.10. The molecule has 0 radical (unpaired) electrons. The highest BCUT2D eigenvalue weighted by molar-refractivity contribution is 7.86. The van der Waals surface area contributed by atoms with E-state index in [1.165, 1.54) is 6.07 Å². The Labute approximate surface area is 191 Å². The lowest BCUT2D eigenvalue weighted by Crippen LogP contribution is -2.07.